The summed E-state index contributed by atoms with van der Waals surface area (Å²) in [5, 5.41) is 6.43. The Morgan fingerprint density at radius 1 is 1.11 bits per heavy atom. The van der Waals surface area contributed by atoms with Crippen LogP contribution in [0.15, 0.2) is 54.6 Å². The summed E-state index contributed by atoms with van der Waals surface area (Å²) in [7, 11) is 1.65. The fourth-order valence-corrected chi connectivity index (χ4v) is 6.04. The summed E-state index contributed by atoms with van der Waals surface area (Å²) in [4.78, 5) is 28.5. The molecule has 2 aromatic rings. The minimum Gasteiger partial charge on any atom is -0.383 e. The van der Waals surface area contributed by atoms with E-state index in [4.69, 9.17) is 4.74 Å². The van der Waals surface area contributed by atoms with Crippen molar-refractivity contribution in [2.45, 2.75) is 49.7 Å². The van der Waals surface area contributed by atoms with Gasteiger partial charge in [-0.05, 0) is 36.6 Å². The van der Waals surface area contributed by atoms with Crippen molar-refractivity contribution in [1.29, 1.82) is 0 Å². The van der Waals surface area contributed by atoms with Crippen LogP contribution in [0.3, 0.4) is 0 Å². The second-order valence-electron chi connectivity index (χ2n) is 9.87. The normalized spacial score (nSPS) is 29.0. The fraction of sp³-hybridized carbons (Fsp3) is 0.481. The third kappa shape index (κ3) is 4.63. The first-order valence-corrected chi connectivity index (χ1v) is 12.3. The van der Waals surface area contributed by atoms with Crippen LogP contribution in [0.5, 0.6) is 0 Å². The molecular weight excluding hydrogens is 452 g/mol. The highest BCUT2D eigenvalue weighted by Gasteiger charge is 2.51. The topological polar surface area (TPSA) is 70.7 Å². The van der Waals surface area contributed by atoms with Crippen molar-refractivity contribution < 1.29 is 23.1 Å². The molecule has 1 aliphatic carbocycles. The maximum absolute atomic E-state index is 14.6. The number of anilines is 1. The van der Waals surface area contributed by atoms with E-state index in [9.17, 15) is 18.4 Å². The number of carbonyl (C=O) groups excluding carboxylic acids is 2. The third-order valence-electron chi connectivity index (χ3n) is 7.71. The number of carbonyl (C=O) groups is 2. The van der Waals surface area contributed by atoms with Crippen LogP contribution in [0, 0.1) is 11.8 Å². The van der Waals surface area contributed by atoms with Gasteiger partial charge in [-0.2, -0.15) is 0 Å². The molecule has 0 spiro atoms. The van der Waals surface area contributed by atoms with Crippen LogP contribution in [-0.2, 0) is 9.53 Å². The number of ether oxygens (including phenoxy) is 1. The maximum Gasteiger partial charge on any atom is 0.251 e. The van der Waals surface area contributed by atoms with Gasteiger partial charge in [-0.15, -0.1) is 0 Å². The van der Waals surface area contributed by atoms with E-state index in [0.29, 0.717) is 18.7 Å². The van der Waals surface area contributed by atoms with Crippen LogP contribution < -0.4 is 10.6 Å². The molecule has 6 nitrogen and oxygen atoms in total. The number of rotatable bonds is 5. The lowest BCUT2D eigenvalue weighted by atomic mass is 9.79. The summed E-state index contributed by atoms with van der Waals surface area (Å²) in [5.74, 6) is -4.44. The first kappa shape index (κ1) is 23.7. The van der Waals surface area contributed by atoms with Gasteiger partial charge < -0.3 is 20.3 Å². The third-order valence-corrected chi connectivity index (χ3v) is 7.71. The second-order valence-corrected chi connectivity index (χ2v) is 9.87. The molecule has 0 aromatic heterocycles. The van der Waals surface area contributed by atoms with Gasteiger partial charge in [-0.1, -0.05) is 36.4 Å². The van der Waals surface area contributed by atoms with Gasteiger partial charge in [-0.25, -0.2) is 8.78 Å². The number of hydrogen-bond donors (Lipinski definition) is 2. The number of nitrogens with one attached hydrogen (secondary N) is 2. The Kier molecular flexibility index (Phi) is 6.49. The lowest BCUT2D eigenvalue weighted by Gasteiger charge is -2.42. The minimum atomic E-state index is -2.93. The van der Waals surface area contributed by atoms with Gasteiger partial charge in [0.15, 0.2) is 0 Å². The van der Waals surface area contributed by atoms with Crippen molar-refractivity contribution in [3.63, 3.8) is 0 Å². The fourth-order valence-electron chi connectivity index (χ4n) is 6.04. The van der Waals surface area contributed by atoms with Gasteiger partial charge in [-0.3, -0.25) is 9.59 Å². The number of amides is 2. The van der Waals surface area contributed by atoms with Gasteiger partial charge >= 0.3 is 0 Å². The molecule has 0 bridgehead atoms. The summed E-state index contributed by atoms with van der Waals surface area (Å²) in [6.07, 6.45) is -0.0730. The van der Waals surface area contributed by atoms with Crippen LogP contribution in [0.4, 0.5) is 14.5 Å². The monoisotopic (exact) mass is 483 g/mol. The van der Waals surface area contributed by atoms with Crippen LogP contribution >= 0.6 is 0 Å². The molecular formula is C27H31F2N3O3. The summed E-state index contributed by atoms with van der Waals surface area (Å²) in [5.41, 5.74) is 2.40. The molecule has 3 aliphatic rings. The number of methoxy groups -OCH3 is 1. The Labute approximate surface area is 204 Å². The zero-order valence-corrected chi connectivity index (χ0v) is 19.8. The lowest BCUT2D eigenvalue weighted by molar-refractivity contribution is -0.146. The summed E-state index contributed by atoms with van der Waals surface area (Å²) >= 11 is 0. The lowest BCUT2D eigenvalue weighted by Crippen LogP contribution is -2.53. The Morgan fingerprint density at radius 2 is 1.86 bits per heavy atom. The molecule has 2 N–H and O–H groups in total. The van der Waals surface area contributed by atoms with Crippen molar-refractivity contribution in [3.8, 4) is 0 Å². The van der Waals surface area contributed by atoms with Crippen molar-refractivity contribution in [3.05, 3.63) is 65.7 Å². The molecule has 2 heterocycles. The van der Waals surface area contributed by atoms with Crippen LogP contribution in [0.2, 0.25) is 0 Å². The largest absolute Gasteiger partial charge is 0.383 e. The van der Waals surface area contributed by atoms with Crippen LogP contribution in [0.1, 0.15) is 47.6 Å². The van der Waals surface area contributed by atoms with Gasteiger partial charge in [0.2, 0.25) is 11.8 Å². The number of nitrogens with zero attached hydrogens (tertiary/aromatic N) is 1. The number of hydrogen-bond acceptors (Lipinski definition) is 4. The summed E-state index contributed by atoms with van der Waals surface area (Å²) in [6.45, 7) is 0.987. The molecule has 186 valence electrons. The quantitative estimate of drug-likeness (QED) is 0.667. The Morgan fingerprint density at radius 3 is 2.63 bits per heavy atom. The molecule has 5 atom stereocenters. The Bertz CT molecular complexity index is 1080. The van der Waals surface area contributed by atoms with Gasteiger partial charge in [0.05, 0.1) is 24.6 Å². The average molecular weight is 484 g/mol. The maximum atomic E-state index is 14.6. The highest BCUT2D eigenvalue weighted by Crippen LogP contribution is 2.48. The SMILES string of the molecule is COC[C@@H]1Nc2ccccc2[C@H]2[C@@H]1CCN2C(=O)[C@H]1CC(F)(F)CC[C@H]1NC(=O)c1ccccc1. The van der Waals surface area contributed by atoms with E-state index in [0.717, 1.165) is 17.7 Å². The molecule has 2 fully saturated rings. The van der Waals surface area contributed by atoms with E-state index >= 15 is 0 Å². The van der Waals surface area contributed by atoms with E-state index in [1.54, 1.807) is 36.3 Å². The van der Waals surface area contributed by atoms with E-state index in [1.807, 2.05) is 30.3 Å². The first-order chi connectivity index (χ1) is 16.9. The number of para-hydroxylation sites is 1. The van der Waals surface area contributed by atoms with Crippen molar-refractivity contribution in [2.75, 3.05) is 25.6 Å². The molecule has 2 aromatic carbocycles. The van der Waals surface area contributed by atoms with Gasteiger partial charge in [0.1, 0.15) is 0 Å². The van der Waals surface area contributed by atoms with E-state index < -0.39 is 24.3 Å². The number of alkyl halides is 2. The number of halogens is 2. The Balaban J connectivity index is 1.42. The molecule has 0 radical (unpaired) electrons. The molecule has 8 heteroatoms. The smallest absolute Gasteiger partial charge is 0.251 e. The van der Waals surface area contributed by atoms with Crippen LogP contribution in [0.25, 0.3) is 0 Å². The Hall–Kier alpha value is -3.00. The average Bonchev–Trinajstić information content (AvgIpc) is 3.31. The minimum absolute atomic E-state index is 0.0269. The predicted octanol–water partition coefficient (Wildman–Crippen LogP) is 4.25. The van der Waals surface area contributed by atoms with Gasteiger partial charge in [0, 0.05) is 49.7 Å². The highest BCUT2D eigenvalue weighted by molar-refractivity contribution is 5.95. The molecule has 1 saturated heterocycles. The number of likely N-dealkylation sites (tertiary alicyclic amines) is 1. The molecule has 2 aliphatic heterocycles. The zero-order valence-electron chi connectivity index (χ0n) is 19.8. The molecule has 0 unspecified atom stereocenters. The summed E-state index contributed by atoms with van der Waals surface area (Å²) in [6, 6.07) is 15.7. The zero-order chi connectivity index (χ0) is 24.6. The molecule has 1 saturated carbocycles. The predicted molar refractivity (Wildman–Crippen MR) is 128 cm³/mol. The van der Waals surface area contributed by atoms with Crippen molar-refractivity contribution >= 4 is 17.5 Å². The van der Waals surface area contributed by atoms with E-state index in [1.165, 1.54) is 0 Å². The number of fused-ring (bicyclic) bond motifs is 3. The van der Waals surface area contributed by atoms with E-state index in [2.05, 4.69) is 10.6 Å². The number of benzene rings is 2. The first-order valence-electron chi connectivity index (χ1n) is 12.3. The van der Waals surface area contributed by atoms with Crippen molar-refractivity contribution in [2.24, 2.45) is 11.8 Å². The molecule has 2 amide bonds. The summed E-state index contributed by atoms with van der Waals surface area (Å²) < 4.78 is 34.6. The van der Waals surface area contributed by atoms with Gasteiger partial charge in [0.25, 0.3) is 5.91 Å². The van der Waals surface area contributed by atoms with Crippen LogP contribution in [-0.4, -0.2) is 55.0 Å². The highest BCUT2D eigenvalue weighted by atomic mass is 19.3. The van der Waals surface area contributed by atoms with E-state index in [-0.39, 0.29) is 42.7 Å². The van der Waals surface area contributed by atoms with Crippen molar-refractivity contribution in [1.82, 2.24) is 10.2 Å². The standard InChI is InChI=1S/C27H31F2N3O3/c1-35-16-23-19-12-14-32(24(19)18-9-5-6-10-21(18)30-23)26(34)20-15-27(28,29)13-11-22(20)31-25(33)17-7-3-2-4-8-17/h2-10,19-20,22-24,30H,11-16H2,1H3,(H,31,33)/t19-,20+,22-,23+,24+/m1/s1. The second kappa shape index (κ2) is 9.57. The molecule has 35 heavy (non-hydrogen) atoms. The molecule has 5 rings (SSSR count).